The van der Waals surface area contributed by atoms with Gasteiger partial charge in [-0.25, -0.2) is 19.2 Å². The van der Waals surface area contributed by atoms with Gasteiger partial charge in [-0.2, -0.15) is 0 Å². The van der Waals surface area contributed by atoms with Gasteiger partial charge in [-0.15, -0.1) is 0 Å². The van der Waals surface area contributed by atoms with Crippen LogP contribution in [0.1, 0.15) is 32.6 Å². The minimum Gasteiger partial charge on any atom is -0.508 e. The van der Waals surface area contributed by atoms with E-state index >= 15 is 0 Å². The molecular weight excluding hydrogens is 632 g/mol. The summed E-state index contributed by atoms with van der Waals surface area (Å²) in [6.45, 7) is 0. The van der Waals surface area contributed by atoms with E-state index in [1.807, 2.05) is 0 Å². The largest absolute Gasteiger partial charge is 0.508 e. The van der Waals surface area contributed by atoms with E-state index in [0.717, 1.165) is 30.3 Å². The number of cyclic esters (lactones) is 2. The van der Waals surface area contributed by atoms with Crippen molar-refractivity contribution < 1.29 is 68.9 Å². The van der Waals surface area contributed by atoms with Gasteiger partial charge < -0.3 is 40.1 Å². The van der Waals surface area contributed by atoms with Crippen molar-refractivity contribution in [3.63, 3.8) is 0 Å². The van der Waals surface area contributed by atoms with Gasteiger partial charge in [-0.05, 0) is 64.7 Å². The van der Waals surface area contributed by atoms with Crippen LogP contribution in [0.4, 0.5) is 0 Å². The van der Waals surface area contributed by atoms with Gasteiger partial charge in [0, 0.05) is 11.1 Å². The van der Waals surface area contributed by atoms with Crippen LogP contribution in [-0.2, 0) is 33.4 Å². The quantitative estimate of drug-likeness (QED) is 0.127. The first-order valence-electron chi connectivity index (χ1n) is 13.6. The summed E-state index contributed by atoms with van der Waals surface area (Å²) in [5.74, 6) is -11.6. The molecule has 6 rings (SSSR count). The molecular formula is C34H18O14. The van der Waals surface area contributed by atoms with E-state index in [1.165, 1.54) is 36.4 Å². The minimum absolute atomic E-state index is 0.0327. The first-order valence-corrected chi connectivity index (χ1v) is 13.6. The third kappa shape index (κ3) is 4.95. The van der Waals surface area contributed by atoms with Gasteiger partial charge in [-0.3, -0.25) is 9.59 Å². The van der Waals surface area contributed by atoms with Crippen molar-refractivity contribution in [3.8, 4) is 11.5 Å². The highest BCUT2D eigenvalue weighted by molar-refractivity contribution is 6.51. The summed E-state index contributed by atoms with van der Waals surface area (Å²) in [6.07, 6.45) is 0.713. The monoisotopic (exact) mass is 650 g/mol. The van der Waals surface area contributed by atoms with Crippen LogP contribution in [-0.4, -0.2) is 66.1 Å². The predicted molar refractivity (Wildman–Crippen MR) is 160 cm³/mol. The summed E-state index contributed by atoms with van der Waals surface area (Å²) in [7, 11) is 0. The van der Waals surface area contributed by atoms with Crippen LogP contribution in [0.2, 0.25) is 0 Å². The first-order chi connectivity index (χ1) is 22.8. The molecule has 0 spiro atoms. The lowest BCUT2D eigenvalue weighted by Crippen LogP contribution is -2.21. The number of benzene rings is 3. The molecule has 0 aromatic heterocycles. The number of aliphatic hydroxyl groups is 2. The third-order valence-corrected chi connectivity index (χ3v) is 7.51. The van der Waals surface area contributed by atoms with E-state index in [0.29, 0.717) is 6.08 Å². The molecule has 0 saturated heterocycles. The number of carbonyl (C=O) groups excluding carboxylic acids is 4. The molecule has 0 unspecified atom stereocenters. The molecule has 48 heavy (non-hydrogen) atoms. The average molecular weight is 651 g/mol. The van der Waals surface area contributed by atoms with Crippen LogP contribution in [0.5, 0.6) is 11.5 Å². The van der Waals surface area contributed by atoms with Crippen LogP contribution < -0.4 is 0 Å². The SMILES string of the molecule is O=C1C=C(C2=C(O)/C(=C(\C(=O)O)c3ccc(O)cc3)OC2=O)c2cc(C3=C(O)/C(=C(\C(=O)O)c4ccc(O)cc4)OC3=O)ccc2C1=O. The maximum absolute atomic E-state index is 13.1. The number of hydrogen-bond acceptors (Lipinski definition) is 12. The molecule has 1 aliphatic carbocycles. The van der Waals surface area contributed by atoms with Crippen molar-refractivity contribution in [2.75, 3.05) is 0 Å². The second-order valence-electron chi connectivity index (χ2n) is 10.4. The number of fused-ring (bicyclic) bond motifs is 1. The molecule has 2 aliphatic heterocycles. The lowest BCUT2D eigenvalue weighted by atomic mass is 9.83. The van der Waals surface area contributed by atoms with Gasteiger partial charge in [0.15, 0.2) is 23.0 Å². The summed E-state index contributed by atoms with van der Waals surface area (Å²) < 4.78 is 10.3. The molecule has 14 heteroatoms. The molecule has 0 fully saturated rings. The number of aromatic hydroxyl groups is 2. The topological polar surface area (TPSA) is 242 Å². The highest BCUT2D eigenvalue weighted by Crippen LogP contribution is 2.43. The van der Waals surface area contributed by atoms with E-state index in [1.54, 1.807) is 0 Å². The molecule has 6 N–H and O–H groups in total. The van der Waals surface area contributed by atoms with Crippen molar-refractivity contribution >= 4 is 57.7 Å². The van der Waals surface area contributed by atoms with E-state index in [4.69, 9.17) is 9.47 Å². The zero-order valence-corrected chi connectivity index (χ0v) is 23.9. The van der Waals surface area contributed by atoms with Crippen LogP contribution in [0.15, 0.2) is 101 Å². The van der Waals surface area contributed by atoms with Gasteiger partial charge in [0.2, 0.25) is 11.6 Å². The predicted octanol–water partition coefficient (Wildman–Crippen LogP) is 3.43. The number of rotatable bonds is 6. The number of aliphatic hydroxyl groups excluding tert-OH is 2. The van der Waals surface area contributed by atoms with Crippen molar-refractivity contribution in [3.05, 3.63) is 129 Å². The first kappa shape index (κ1) is 30.8. The number of phenolic OH excluding ortho intramolecular Hbond substituents is 2. The Kier molecular flexibility index (Phi) is 7.25. The Balaban J connectivity index is 1.53. The second-order valence-corrected chi connectivity index (χ2v) is 10.4. The normalized spacial score (nSPS) is 18.0. The Bertz CT molecular complexity index is 2210. The highest BCUT2D eigenvalue weighted by atomic mass is 16.6. The molecule has 2 heterocycles. The number of aliphatic carboxylic acids is 2. The van der Waals surface area contributed by atoms with Crippen molar-refractivity contribution in [2.45, 2.75) is 0 Å². The molecule has 0 radical (unpaired) electrons. The summed E-state index contributed by atoms with van der Waals surface area (Å²) in [6, 6.07) is 12.8. The van der Waals surface area contributed by atoms with E-state index < -0.39 is 80.8 Å². The number of ketones is 2. The number of hydrogen-bond donors (Lipinski definition) is 6. The summed E-state index contributed by atoms with van der Waals surface area (Å²) in [4.78, 5) is 76.0. The van der Waals surface area contributed by atoms with Gasteiger partial charge in [0.25, 0.3) is 0 Å². The van der Waals surface area contributed by atoms with Gasteiger partial charge in [-0.1, -0.05) is 30.3 Å². The van der Waals surface area contributed by atoms with E-state index in [9.17, 15) is 59.4 Å². The standard InChI is InChI=1S/C34H18O14/c35-16-6-1-13(2-7-16)23(31(41)42)29-27(39)22(33(45)47-29)15-5-10-18-19(11-15)20(12-21(37)26(18)38)25-28(40)30(48-34(25)46)24(32(43)44)14-3-8-17(36)9-4-14/h1-12,35-36,39-40H,(H,41,42)(H,43,44)/b29-23+,30-24+. The molecule has 3 aromatic carbocycles. The number of esters is 2. The molecule has 0 bridgehead atoms. The lowest BCUT2D eigenvalue weighted by Gasteiger charge is -2.17. The summed E-state index contributed by atoms with van der Waals surface area (Å²) >= 11 is 0. The molecule has 3 aromatic rings. The summed E-state index contributed by atoms with van der Waals surface area (Å²) in [5.41, 5.74) is -3.69. The minimum atomic E-state index is -1.62. The Morgan fingerprint density at radius 3 is 1.50 bits per heavy atom. The molecule has 238 valence electrons. The van der Waals surface area contributed by atoms with Crippen molar-refractivity contribution in [1.82, 2.24) is 0 Å². The highest BCUT2D eigenvalue weighted by Gasteiger charge is 2.41. The maximum Gasteiger partial charge on any atom is 0.348 e. The number of Topliss-reactive ketones (excluding diaryl/α,β-unsaturated/α-hetero) is 1. The van der Waals surface area contributed by atoms with Crippen molar-refractivity contribution in [2.24, 2.45) is 0 Å². The maximum atomic E-state index is 13.1. The number of ether oxygens (including phenoxy) is 2. The molecule has 14 nitrogen and oxygen atoms in total. The number of carboxylic acid groups (broad SMARTS) is 2. The number of carboxylic acids is 2. The Labute approximate surface area is 267 Å². The zero-order chi connectivity index (χ0) is 34.6. The van der Waals surface area contributed by atoms with Crippen LogP contribution in [0.3, 0.4) is 0 Å². The van der Waals surface area contributed by atoms with Gasteiger partial charge in [0.1, 0.15) is 33.8 Å². The second kappa shape index (κ2) is 11.3. The molecule has 0 atom stereocenters. The van der Waals surface area contributed by atoms with Gasteiger partial charge >= 0.3 is 23.9 Å². The molecule has 3 aliphatic rings. The smallest absolute Gasteiger partial charge is 0.348 e. The fourth-order valence-corrected chi connectivity index (χ4v) is 5.33. The van der Waals surface area contributed by atoms with Crippen molar-refractivity contribution in [1.29, 1.82) is 0 Å². The Morgan fingerprint density at radius 2 is 1.02 bits per heavy atom. The van der Waals surface area contributed by atoms with Crippen LogP contribution >= 0.6 is 0 Å². The fraction of sp³-hybridized carbons (Fsp3) is 0. The van der Waals surface area contributed by atoms with E-state index in [-0.39, 0.29) is 44.9 Å². The number of allylic oxidation sites excluding steroid dienone is 1. The third-order valence-electron chi connectivity index (χ3n) is 7.51. The zero-order valence-electron chi connectivity index (χ0n) is 23.9. The Morgan fingerprint density at radius 1 is 0.562 bits per heavy atom. The number of carbonyl (C=O) groups is 6. The fourth-order valence-electron chi connectivity index (χ4n) is 5.33. The average Bonchev–Trinajstić information content (AvgIpc) is 3.49. The van der Waals surface area contributed by atoms with Crippen LogP contribution in [0, 0.1) is 0 Å². The molecule has 0 saturated carbocycles. The lowest BCUT2D eigenvalue weighted by molar-refractivity contribution is -0.134. The summed E-state index contributed by atoms with van der Waals surface area (Å²) in [5, 5.41) is 61.1. The number of phenols is 2. The van der Waals surface area contributed by atoms with E-state index in [2.05, 4.69) is 0 Å². The van der Waals surface area contributed by atoms with Gasteiger partial charge in [0.05, 0.1) is 0 Å². The Hall–Kier alpha value is -7.22. The molecule has 0 amide bonds. The van der Waals surface area contributed by atoms with Crippen LogP contribution in [0.25, 0.3) is 22.3 Å².